The fourth-order valence-corrected chi connectivity index (χ4v) is 2.46. The lowest BCUT2D eigenvalue weighted by Crippen LogP contribution is -2.63. The molecule has 8 nitrogen and oxygen atoms in total. The summed E-state index contributed by atoms with van der Waals surface area (Å²) in [6.07, 6.45) is 0.282. The lowest BCUT2D eigenvalue weighted by molar-refractivity contribution is -0.166. The number of carbonyl (C=O) groups excluding carboxylic acids is 3. The predicted molar refractivity (Wildman–Crippen MR) is 68.1 cm³/mol. The third-order valence-electron chi connectivity index (χ3n) is 3.53. The number of urea groups is 1. The van der Waals surface area contributed by atoms with Crippen LogP contribution in [0.4, 0.5) is 4.79 Å². The first kappa shape index (κ1) is 14.8. The molecule has 21 heavy (non-hydrogen) atoms. The van der Waals surface area contributed by atoms with Crippen LogP contribution in [0.15, 0.2) is 11.8 Å². The zero-order valence-corrected chi connectivity index (χ0v) is 11.9. The summed E-state index contributed by atoms with van der Waals surface area (Å²) < 4.78 is 10.3. The third kappa shape index (κ3) is 2.31. The van der Waals surface area contributed by atoms with Crippen molar-refractivity contribution < 1.29 is 23.9 Å². The van der Waals surface area contributed by atoms with Crippen molar-refractivity contribution in [3.05, 3.63) is 11.8 Å². The summed E-state index contributed by atoms with van der Waals surface area (Å²) >= 11 is 0. The largest absolute Gasteiger partial charge is 0.466 e. The van der Waals surface area contributed by atoms with Crippen molar-refractivity contribution in [3.8, 4) is 6.07 Å². The quantitative estimate of drug-likeness (QED) is 0.668. The highest BCUT2D eigenvalue weighted by Gasteiger charge is 2.52. The second kappa shape index (κ2) is 5.44. The van der Waals surface area contributed by atoms with Gasteiger partial charge in [0, 0.05) is 14.1 Å². The third-order valence-corrected chi connectivity index (χ3v) is 3.53. The van der Waals surface area contributed by atoms with Gasteiger partial charge >= 0.3 is 12.0 Å². The first-order chi connectivity index (χ1) is 9.92. The average Bonchev–Trinajstić information content (AvgIpc) is 2.49. The fourth-order valence-electron chi connectivity index (χ4n) is 2.46. The van der Waals surface area contributed by atoms with Crippen LogP contribution >= 0.6 is 0 Å². The highest BCUT2D eigenvalue weighted by Crippen LogP contribution is 2.35. The molecule has 0 radical (unpaired) electrons. The van der Waals surface area contributed by atoms with Crippen LogP contribution in [0.5, 0.6) is 0 Å². The molecule has 0 aromatic carbocycles. The number of nitrogens with zero attached hydrogens (tertiary/aromatic N) is 3. The van der Waals surface area contributed by atoms with Crippen molar-refractivity contribution in [3.63, 3.8) is 0 Å². The lowest BCUT2D eigenvalue weighted by atomic mass is 9.85. The Bertz CT molecular complexity index is 565. The number of esters is 1. The van der Waals surface area contributed by atoms with E-state index in [-0.39, 0.29) is 12.4 Å². The SMILES string of the molecule is CCOC(=O)[C@H]1C=C(C#N)O[C@@H]2[C@@H]1C(=O)N(C)C(=O)N2C. The van der Waals surface area contributed by atoms with Crippen LogP contribution < -0.4 is 0 Å². The van der Waals surface area contributed by atoms with Gasteiger partial charge < -0.3 is 9.47 Å². The van der Waals surface area contributed by atoms with Crippen LogP contribution in [0.3, 0.4) is 0 Å². The molecule has 3 atom stereocenters. The Morgan fingerprint density at radius 2 is 2.14 bits per heavy atom. The zero-order valence-electron chi connectivity index (χ0n) is 11.9. The minimum absolute atomic E-state index is 0.105. The lowest BCUT2D eigenvalue weighted by Gasteiger charge is -2.44. The van der Waals surface area contributed by atoms with Crippen molar-refractivity contribution in [1.82, 2.24) is 9.80 Å². The van der Waals surface area contributed by atoms with Gasteiger partial charge in [-0.2, -0.15) is 5.26 Å². The van der Waals surface area contributed by atoms with Crippen LogP contribution in [0.25, 0.3) is 0 Å². The summed E-state index contributed by atoms with van der Waals surface area (Å²) in [5, 5.41) is 8.99. The fraction of sp³-hybridized carbons (Fsp3) is 0.538. The predicted octanol–water partition coefficient (Wildman–Crippen LogP) is 0.0695. The van der Waals surface area contributed by atoms with E-state index in [1.165, 1.54) is 25.1 Å². The molecule has 1 saturated heterocycles. The number of imide groups is 1. The number of ether oxygens (including phenoxy) is 2. The Balaban J connectivity index is 2.44. The van der Waals surface area contributed by atoms with Gasteiger partial charge in [0.05, 0.1) is 12.5 Å². The molecule has 112 valence electrons. The maximum Gasteiger partial charge on any atom is 0.329 e. The molecule has 2 aliphatic heterocycles. The molecule has 2 aliphatic rings. The van der Waals surface area contributed by atoms with Gasteiger partial charge in [-0.05, 0) is 13.0 Å². The molecule has 3 amide bonds. The van der Waals surface area contributed by atoms with Crippen molar-refractivity contribution >= 4 is 17.9 Å². The molecule has 1 fully saturated rings. The van der Waals surface area contributed by atoms with Crippen LogP contribution in [-0.2, 0) is 19.1 Å². The van der Waals surface area contributed by atoms with Gasteiger partial charge in [0.25, 0.3) is 0 Å². The van der Waals surface area contributed by atoms with E-state index < -0.39 is 36.0 Å². The second-order valence-electron chi connectivity index (χ2n) is 4.75. The van der Waals surface area contributed by atoms with E-state index in [1.54, 1.807) is 13.0 Å². The van der Waals surface area contributed by atoms with E-state index in [2.05, 4.69) is 0 Å². The van der Waals surface area contributed by atoms with Gasteiger partial charge in [0.2, 0.25) is 5.91 Å². The molecular formula is C13H15N3O5. The van der Waals surface area contributed by atoms with Crippen LogP contribution in [0.2, 0.25) is 0 Å². The molecule has 0 aromatic heterocycles. The van der Waals surface area contributed by atoms with E-state index >= 15 is 0 Å². The van der Waals surface area contributed by atoms with Crippen molar-refractivity contribution in [2.75, 3.05) is 20.7 Å². The van der Waals surface area contributed by atoms with E-state index in [0.29, 0.717) is 0 Å². The van der Waals surface area contributed by atoms with Crippen molar-refractivity contribution in [1.29, 1.82) is 5.26 Å². The van der Waals surface area contributed by atoms with Gasteiger partial charge in [0.1, 0.15) is 12.0 Å². The van der Waals surface area contributed by atoms with E-state index in [4.69, 9.17) is 14.7 Å². The number of hydrogen-bond acceptors (Lipinski definition) is 6. The molecule has 8 heteroatoms. The summed E-state index contributed by atoms with van der Waals surface area (Å²) in [6.45, 7) is 1.80. The standard InChI is InChI=1S/C13H15N3O5/c1-4-20-12(18)8-5-7(6-14)21-11-9(8)10(17)15(2)13(19)16(11)3/h5,8-9,11H,4H2,1-3H3/t8-,9-,11+/m0/s1. The monoisotopic (exact) mass is 293 g/mol. The number of carbonyl (C=O) groups is 3. The number of amides is 3. The Morgan fingerprint density at radius 1 is 1.48 bits per heavy atom. The van der Waals surface area contributed by atoms with Crippen LogP contribution in [0.1, 0.15) is 6.92 Å². The van der Waals surface area contributed by atoms with Gasteiger partial charge in [-0.15, -0.1) is 0 Å². The molecule has 2 heterocycles. The summed E-state index contributed by atoms with van der Waals surface area (Å²) in [6, 6.07) is 1.24. The Morgan fingerprint density at radius 3 is 2.71 bits per heavy atom. The molecule has 0 bridgehead atoms. The molecular weight excluding hydrogens is 278 g/mol. The van der Waals surface area contributed by atoms with E-state index in [1.807, 2.05) is 0 Å². The summed E-state index contributed by atoms with van der Waals surface area (Å²) in [4.78, 5) is 38.4. The summed E-state index contributed by atoms with van der Waals surface area (Å²) in [7, 11) is 2.79. The van der Waals surface area contributed by atoms with Gasteiger partial charge in [-0.3, -0.25) is 19.4 Å². The number of nitriles is 1. The normalized spacial score (nSPS) is 28.3. The topological polar surface area (TPSA) is 99.9 Å². The second-order valence-corrected chi connectivity index (χ2v) is 4.75. The van der Waals surface area contributed by atoms with Gasteiger partial charge in [-0.1, -0.05) is 0 Å². The first-order valence-electron chi connectivity index (χ1n) is 6.42. The van der Waals surface area contributed by atoms with E-state index in [0.717, 1.165) is 4.90 Å². The Hall–Kier alpha value is -2.56. The molecule has 0 spiro atoms. The van der Waals surface area contributed by atoms with Crippen molar-refractivity contribution in [2.24, 2.45) is 11.8 Å². The molecule has 0 N–H and O–H groups in total. The van der Waals surface area contributed by atoms with Crippen molar-refractivity contribution in [2.45, 2.75) is 13.2 Å². The van der Waals surface area contributed by atoms with Gasteiger partial charge in [-0.25, -0.2) is 4.79 Å². The maximum atomic E-state index is 12.3. The summed E-state index contributed by atoms with van der Waals surface area (Å²) in [5.74, 6) is -3.13. The zero-order chi connectivity index (χ0) is 15.7. The average molecular weight is 293 g/mol. The Kier molecular flexibility index (Phi) is 3.84. The number of hydrogen-bond donors (Lipinski definition) is 0. The number of rotatable bonds is 2. The summed E-state index contributed by atoms with van der Waals surface area (Å²) in [5.41, 5.74) is 0. The molecule has 0 unspecified atom stereocenters. The molecule has 0 aliphatic carbocycles. The smallest absolute Gasteiger partial charge is 0.329 e. The first-order valence-corrected chi connectivity index (χ1v) is 6.42. The minimum atomic E-state index is -0.991. The molecule has 0 saturated carbocycles. The molecule has 2 rings (SSSR count). The van der Waals surface area contributed by atoms with Gasteiger partial charge in [0.15, 0.2) is 12.0 Å². The molecule has 0 aromatic rings. The highest BCUT2D eigenvalue weighted by molar-refractivity contribution is 6.00. The van der Waals surface area contributed by atoms with Crippen LogP contribution in [-0.4, -0.2) is 54.6 Å². The minimum Gasteiger partial charge on any atom is -0.466 e. The number of allylic oxidation sites excluding steroid dienone is 1. The van der Waals surface area contributed by atoms with E-state index in [9.17, 15) is 14.4 Å². The highest BCUT2D eigenvalue weighted by atomic mass is 16.5. The van der Waals surface area contributed by atoms with Crippen LogP contribution in [0, 0.1) is 23.2 Å². The Labute approximate surface area is 121 Å². The number of fused-ring (bicyclic) bond motifs is 1. The maximum absolute atomic E-state index is 12.3.